The van der Waals surface area contributed by atoms with Gasteiger partial charge < -0.3 is 9.64 Å². The highest BCUT2D eigenvalue weighted by Crippen LogP contribution is 2.48. The molecule has 158 valence electrons. The van der Waals surface area contributed by atoms with Crippen LogP contribution in [0.15, 0.2) is 48.8 Å². The van der Waals surface area contributed by atoms with Gasteiger partial charge in [0.2, 0.25) is 0 Å². The van der Waals surface area contributed by atoms with Gasteiger partial charge in [-0.1, -0.05) is 12.1 Å². The maximum atomic E-state index is 13.0. The number of nitrogens with zero attached hydrogens (tertiary/aromatic N) is 4. The third kappa shape index (κ3) is 3.21. The van der Waals surface area contributed by atoms with Crippen LogP contribution in [0, 0.1) is 11.8 Å². The third-order valence-electron chi connectivity index (χ3n) is 7.03. The molecule has 6 nitrogen and oxygen atoms in total. The molecule has 1 aliphatic heterocycles. The molecule has 1 saturated carbocycles. The molecular weight excluding hydrogens is 388 g/mol. The van der Waals surface area contributed by atoms with Crippen LogP contribution in [0.1, 0.15) is 40.4 Å². The zero-order valence-corrected chi connectivity index (χ0v) is 17.7. The Morgan fingerprint density at radius 3 is 2.87 bits per heavy atom. The largest absolute Gasteiger partial charge is 0.497 e. The molecule has 6 heteroatoms. The van der Waals surface area contributed by atoms with E-state index in [0.717, 1.165) is 49.0 Å². The molecule has 2 aliphatic carbocycles. The number of ether oxygens (including phenoxy) is 1. The van der Waals surface area contributed by atoms with E-state index in [1.807, 2.05) is 29.2 Å². The lowest BCUT2D eigenvalue weighted by molar-refractivity contribution is 0.0784. The van der Waals surface area contributed by atoms with Crippen LogP contribution in [0.5, 0.6) is 5.75 Å². The zero-order valence-electron chi connectivity index (χ0n) is 17.7. The number of amides is 1. The molecule has 2 aromatic heterocycles. The SMILES string of the molecule is COc1cccc(-c2nn(CC3CC3)c3c2[C@H]2CN(C(=O)c4cccnc4)C[C@H]2C3)c1. The number of rotatable bonds is 5. The number of likely N-dealkylation sites (tertiary alicyclic amines) is 1. The van der Waals surface area contributed by atoms with E-state index >= 15 is 0 Å². The second-order valence-electron chi connectivity index (χ2n) is 9.09. The molecule has 6 rings (SSSR count). The van der Waals surface area contributed by atoms with Crippen molar-refractivity contribution in [3.8, 4) is 17.0 Å². The van der Waals surface area contributed by atoms with Crippen LogP contribution in [-0.2, 0) is 13.0 Å². The van der Waals surface area contributed by atoms with Crippen LogP contribution in [0.4, 0.5) is 0 Å². The van der Waals surface area contributed by atoms with Gasteiger partial charge >= 0.3 is 0 Å². The number of fused-ring (bicyclic) bond motifs is 3. The van der Waals surface area contributed by atoms with Crippen molar-refractivity contribution in [3.05, 3.63) is 65.6 Å². The molecule has 3 aromatic rings. The summed E-state index contributed by atoms with van der Waals surface area (Å²) < 4.78 is 7.74. The lowest BCUT2D eigenvalue weighted by Gasteiger charge is -2.17. The lowest BCUT2D eigenvalue weighted by Crippen LogP contribution is -2.29. The van der Waals surface area contributed by atoms with Gasteiger partial charge in [0.1, 0.15) is 5.75 Å². The Bertz CT molecular complexity index is 1140. The summed E-state index contributed by atoms with van der Waals surface area (Å²) in [7, 11) is 1.70. The summed E-state index contributed by atoms with van der Waals surface area (Å²) in [6.45, 7) is 2.57. The van der Waals surface area contributed by atoms with E-state index in [2.05, 4.69) is 21.8 Å². The molecule has 1 amide bonds. The van der Waals surface area contributed by atoms with Gasteiger partial charge in [0.15, 0.2) is 0 Å². The Morgan fingerprint density at radius 1 is 1.19 bits per heavy atom. The molecule has 0 unspecified atom stereocenters. The summed E-state index contributed by atoms with van der Waals surface area (Å²) in [4.78, 5) is 19.2. The van der Waals surface area contributed by atoms with Crippen LogP contribution in [-0.4, -0.2) is 45.8 Å². The first kappa shape index (κ1) is 18.6. The van der Waals surface area contributed by atoms with E-state index in [1.54, 1.807) is 19.5 Å². The lowest BCUT2D eigenvalue weighted by atomic mass is 9.94. The Morgan fingerprint density at radius 2 is 2.10 bits per heavy atom. The number of carbonyl (C=O) groups is 1. The highest BCUT2D eigenvalue weighted by molar-refractivity contribution is 5.94. The minimum absolute atomic E-state index is 0.0809. The van der Waals surface area contributed by atoms with E-state index in [0.29, 0.717) is 17.4 Å². The van der Waals surface area contributed by atoms with Crippen molar-refractivity contribution in [1.82, 2.24) is 19.7 Å². The topological polar surface area (TPSA) is 60.2 Å². The summed E-state index contributed by atoms with van der Waals surface area (Å²) in [5, 5.41) is 5.09. The van der Waals surface area contributed by atoms with Crippen molar-refractivity contribution >= 4 is 5.91 Å². The quantitative estimate of drug-likeness (QED) is 0.638. The second kappa shape index (κ2) is 7.22. The van der Waals surface area contributed by atoms with Gasteiger partial charge in [0, 0.05) is 54.8 Å². The predicted octanol–water partition coefficient (Wildman–Crippen LogP) is 3.78. The molecule has 3 heterocycles. The molecule has 3 aliphatic rings. The summed E-state index contributed by atoms with van der Waals surface area (Å²) in [5.41, 5.74) is 5.56. The molecule has 0 bridgehead atoms. The standard InChI is InChI=1S/C25H26N4O2/c1-31-20-6-2-4-17(10-20)24-23-21-15-28(25(30)18-5-3-9-26-12-18)14-19(21)11-22(23)29(27-24)13-16-7-8-16/h2-6,9-10,12,16,19,21H,7-8,11,13-15H2,1H3/t19-,21+/m1/s1. The number of carbonyl (C=O) groups excluding carboxylic acids is 1. The summed E-state index contributed by atoms with van der Waals surface area (Å²) >= 11 is 0. The maximum absolute atomic E-state index is 13.0. The van der Waals surface area contributed by atoms with Crippen molar-refractivity contribution in [2.45, 2.75) is 31.7 Å². The predicted molar refractivity (Wildman–Crippen MR) is 117 cm³/mol. The van der Waals surface area contributed by atoms with E-state index in [9.17, 15) is 4.79 Å². The second-order valence-corrected chi connectivity index (χ2v) is 9.09. The molecule has 1 aromatic carbocycles. The van der Waals surface area contributed by atoms with Crippen LogP contribution in [0.25, 0.3) is 11.3 Å². The number of benzene rings is 1. The first-order valence-corrected chi connectivity index (χ1v) is 11.1. The minimum atomic E-state index is 0.0809. The van der Waals surface area contributed by atoms with Crippen molar-refractivity contribution < 1.29 is 9.53 Å². The summed E-state index contributed by atoms with van der Waals surface area (Å²) in [6, 6.07) is 11.9. The molecule has 2 atom stereocenters. The van der Waals surface area contributed by atoms with Gasteiger partial charge in [0.25, 0.3) is 5.91 Å². The normalized spacial score (nSPS) is 21.8. The number of aromatic nitrogens is 3. The van der Waals surface area contributed by atoms with Crippen molar-refractivity contribution in [1.29, 1.82) is 0 Å². The monoisotopic (exact) mass is 414 g/mol. The molecule has 0 radical (unpaired) electrons. The Labute approximate surface area is 181 Å². The fraction of sp³-hybridized carbons (Fsp3) is 0.400. The molecule has 0 spiro atoms. The molecule has 31 heavy (non-hydrogen) atoms. The highest BCUT2D eigenvalue weighted by Gasteiger charge is 2.46. The number of methoxy groups -OCH3 is 1. The Balaban J connectivity index is 1.36. The maximum Gasteiger partial charge on any atom is 0.255 e. The van der Waals surface area contributed by atoms with Crippen molar-refractivity contribution in [2.24, 2.45) is 11.8 Å². The minimum Gasteiger partial charge on any atom is -0.497 e. The van der Waals surface area contributed by atoms with E-state index in [1.165, 1.54) is 24.1 Å². The van der Waals surface area contributed by atoms with Crippen LogP contribution < -0.4 is 4.74 Å². The van der Waals surface area contributed by atoms with Crippen molar-refractivity contribution in [2.75, 3.05) is 20.2 Å². The smallest absolute Gasteiger partial charge is 0.255 e. The fourth-order valence-corrected chi connectivity index (χ4v) is 5.29. The van der Waals surface area contributed by atoms with Gasteiger partial charge in [-0.25, -0.2) is 0 Å². The average molecular weight is 415 g/mol. The van der Waals surface area contributed by atoms with E-state index in [4.69, 9.17) is 9.84 Å². The Hall–Kier alpha value is -3.15. The van der Waals surface area contributed by atoms with E-state index in [-0.39, 0.29) is 5.91 Å². The van der Waals surface area contributed by atoms with Gasteiger partial charge in [0.05, 0.1) is 18.4 Å². The first-order valence-electron chi connectivity index (χ1n) is 11.1. The van der Waals surface area contributed by atoms with Gasteiger partial charge in [-0.2, -0.15) is 5.10 Å². The van der Waals surface area contributed by atoms with Crippen LogP contribution in [0.2, 0.25) is 0 Å². The van der Waals surface area contributed by atoms with Crippen molar-refractivity contribution in [3.63, 3.8) is 0 Å². The number of pyridine rings is 1. The van der Waals surface area contributed by atoms with Gasteiger partial charge in [-0.15, -0.1) is 0 Å². The summed E-state index contributed by atoms with van der Waals surface area (Å²) in [6.07, 6.45) is 6.99. The molecular formula is C25H26N4O2. The zero-order chi connectivity index (χ0) is 20.9. The first-order chi connectivity index (χ1) is 15.2. The van der Waals surface area contributed by atoms with Crippen LogP contribution in [0.3, 0.4) is 0 Å². The molecule has 0 N–H and O–H groups in total. The third-order valence-corrected chi connectivity index (χ3v) is 7.03. The van der Waals surface area contributed by atoms with Gasteiger partial charge in [-0.3, -0.25) is 14.5 Å². The van der Waals surface area contributed by atoms with E-state index < -0.39 is 0 Å². The van der Waals surface area contributed by atoms with Gasteiger partial charge in [-0.05, 0) is 55.4 Å². The average Bonchev–Trinajstić information content (AvgIpc) is 3.28. The highest BCUT2D eigenvalue weighted by atomic mass is 16.5. The molecule has 1 saturated heterocycles. The Kier molecular flexibility index (Phi) is 4.33. The number of hydrogen-bond acceptors (Lipinski definition) is 4. The number of hydrogen-bond donors (Lipinski definition) is 0. The molecule has 2 fully saturated rings. The van der Waals surface area contributed by atoms with Crippen LogP contribution >= 0.6 is 0 Å². The summed E-state index contributed by atoms with van der Waals surface area (Å²) in [5.74, 6) is 2.49. The fourth-order valence-electron chi connectivity index (χ4n) is 5.29.